The van der Waals surface area contributed by atoms with E-state index in [2.05, 4.69) is 10.3 Å². The van der Waals surface area contributed by atoms with Crippen LogP contribution in [-0.4, -0.2) is 41.6 Å². The molecule has 0 aliphatic carbocycles. The van der Waals surface area contributed by atoms with E-state index in [0.717, 1.165) is 4.90 Å². The van der Waals surface area contributed by atoms with Gasteiger partial charge in [0.2, 0.25) is 0 Å². The first-order valence-corrected chi connectivity index (χ1v) is 5.77. The second-order valence-electron chi connectivity index (χ2n) is 4.30. The van der Waals surface area contributed by atoms with Crippen molar-refractivity contribution < 1.29 is 18.0 Å². The topological polar surface area (TPSA) is 45.2 Å². The van der Waals surface area contributed by atoms with Crippen molar-refractivity contribution >= 4 is 11.7 Å². The molecule has 0 bridgehead atoms. The Balaban J connectivity index is 2.99. The van der Waals surface area contributed by atoms with Gasteiger partial charge in [-0.1, -0.05) is 6.07 Å². The molecule has 0 saturated heterocycles. The summed E-state index contributed by atoms with van der Waals surface area (Å²) < 4.78 is 37.4. The monoisotopic (exact) mass is 275 g/mol. The number of alkyl halides is 3. The zero-order valence-electron chi connectivity index (χ0n) is 11.0. The minimum absolute atomic E-state index is 0.00944. The third-order valence-corrected chi connectivity index (χ3v) is 2.46. The van der Waals surface area contributed by atoms with Crippen LogP contribution >= 0.6 is 0 Å². The molecule has 0 atom stereocenters. The predicted molar refractivity (Wildman–Crippen MR) is 66.0 cm³/mol. The minimum atomic E-state index is -4.43. The third-order valence-electron chi connectivity index (χ3n) is 2.46. The maximum Gasteiger partial charge on any atom is 0.406 e. The van der Waals surface area contributed by atoms with Crippen LogP contribution < -0.4 is 5.32 Å². The van der Waals surface area contributed by atoms with Crippen LogP contribution in [0.1, 0.15) is 24.3 Å². The first-order valence-electron chi connectivity index (χ1n) is 5.77. The first kappa shape index (κ1) is 15.3. The Morgan fingerprint density at radius 2 is 2.05 bits per heavy atom. The lowest BCUT2D eigenvalue weighted by Gasteiger charge is -2.27. The molecule has 1 N–H and O–H groups in total. The summed E-state index contributed by atoms with van der Waals surface area (Å²) in [6.07, 6.45) is -4.43. The summed E-state index contributed by atoms with van der Waals surface area (Å²) in [6.45, 7) is 1.78. The lowest BCUT2D eigenvalue weighted by molar-refractivity contribution is -0.143. The number of halogens is 3. The minimum Gasteiger partial charge on any atom is -0.373 e. The number of carbonyl (C=O) groups excluding carboxylic acids is 1. The van der Waals surface area contributed by atoms with Gasteiger partial charge in [-0.15, -0.1) is 0 Å². The van der Waals surface area contributed by atoms with E-state index in [9.17, 15) is 18.0 Å². The molecule has 7 heteroatoms. The second-order valence-corrected chi connectivity index (χ2v) is 4.30. The van der Waals surface area contributed by atoms with E-state index in [0.29, 0.717) is 5.82 Å². The van der Waals surface area contributed by atoms with Crippen LogP contribution in [0, 0.1) is 0 Å². The van der Waals surface area contributed by atoms with E-state index in [1.165, 1.54) is 19.9 Å². The highest BCUT2D eigenvalue weighted by Gasteiger charge is 2.34. The van der Waals surface area contributed by atoms with Crippen LogP contribution in [0.4, 0.5) is 19.0 Å². The van der Waals surface area contributed by atoms with E-state index < -0.39 is 24.7 Å². The molecule has 0 radical (unpaired) electrons. The molecular formula is C12H16F3N3O. The maximum atomic E-state index is 12.5. The Hall–Kier alpha value is -1.79. The van der Waals surface area contributed by atoms with Gasteiger partial charge in [0.1, 0.15) is 18.1 Å². The summed E-state index contributed by atoms with van der Waals surface area (Å²) in [5.74, 6) is -0.300. The molecule has 0 spiro atoms. The van der Waals surface area contributed by atoms with E-state index in [1.54, 1.807) is 19.2 Å². The highest BCUT2D eigenvalue weighted by Crippen LogP contribution is 2.19. The standard InChI is InChI=1S/C12H16F3N3O/c1-8(2)18(7-12(13,14)15)11(19)9-5-4-6-10(16-3)17-9/h4-6,8H,7H2,1-3H3,(H,16,17). The molecule has 0 unspecified atom stereocenters. The van der Waals surface area contributed by atoms with E-state index in [1.807, 2.05) is 0 Å². The van der Waals surface area contributed by atoms with Crippen molar-refractivity contribution in [2.24, 2.45) is 0 Å². The van der Waals surface area contributed by atoms with Crippen molar-refractivity contribution in [2.75, 3.05) is 18.9 Å². The van der Waals surface area contributed by atoms with Crippen LogP contribution in [0.15, 0.2) is 18.2 Å². The van der Waals surface area contributed by atoms with Crippen molar-refractivity contribution in [3.8, 4) is 0 Å². The van der Waals surface area contributed by atoms with Crippen LogP contribution in [-0.2, 0) is 0 Å². The van der Waals surface area contributed by atoms with Gasteiger partial charge in [-0.25, -0.2) is 4.98 Å². The number of hydrogen-bond acceptors (Lipinski definition) is 3. The summed E-state index contributed by atoms with van der Waals surface area (Å²) >= 11 is 0. The fourth-order valence-electron chi connectivity index (χ4n) is 1.52. The van der Waals surface area contributed by atoms with Crippen LogP contribution in [0.2, 0.25) is 0 Å². The molecule has 0 aliphatic heterocycles. The van der Waals surface area contributed by atoms with Gasteiger partial charge in [0.05, 0.1) is 0 Å². The Kier molecular flexibility index (Phi) is 4.74. The molecule has 1 amide bonds. The number of rotatable bonds is 4. The van der Waals surface area contributed by atoms with Crippen molar-refractivity contribution in [3.05, 3.63) is 23.9 Å². The zero-order chi connectivity index (χ0) is 14.6. The summed E-state index contributed by atoms with van der Waals surface area (Å²) in [6, 6.07) is 4.03. The molecule has 0 saturated carbocycles. The summed E-state index contributed by atoms with van der Waals surface area (Å²) in [5.41, 5.74) is -0.00944. The molecule has 0 aliphatic rings. The average Bonchev–Trinajstić information content (AvgIpc) is 2.34. The van der Waals surface area contributed by atoms with Crippen molar-refractivity contribution in [1.82, 2.24) is 9.88 Å². The molecule has 4 nitrogen and oxygen atoms in total. The highest BCUT2D eigenvalue weighted by molar-refractivity contribution is 5.92. The van der Waals surface area contributed by atoms with E-state index >= 15 is 0 Å². The SMILES string of the molecule is CNc1cccc(C(=O)N(CC(F)(F)F)C(C)C)n1. The summed E-state index contributed by atoms with van der Waals surface area (Å²) in [5, 5.41) is 2.73. The number of anilines is 1. The molecule has 19 heavy (non-hydrogen) atoms. The number of pyridine rings is 1. The van der Waals surface area contributed by atoms with Crippen molar-refractivity contribution in [3.63, 3.8) is 0 Å². The lowest BCUT2D eigenvalue weighted by atomic mass is 10.2. The predicted octanol–water partition coefficient (Wildman–Crippen LogP) is 2.54. The number of nitrogens with zero attached hydrogens (tertiary/aromatic N) is 2. The van der Waals surface area contributed by atoms with Crippen molar-refractivity contribution in [2.45, 2.75) is 26.1 Å². The van der Waals surface area contributed by atoms with Crippen LogP contribution in [0.3, 0.4) is 0 Å². The van der Waals surface area contributed by atoms with Crippen molar-refractivity contribution in [1.29, 1.82) is 0 Å². The Morgan fingerprint density at radius 1 is 1.42 bits per heavy atom. The van der Waals surface area contributed by atoms with Gasteiger partial charge in [0.25, 0.3) is 5.91 Å². The molecular weight excluding hydrogens is 259 g/mol. The Morgan fingerprint density at radius 3 is 2.53 bits per heavy atom. The molecule has 1 aromatic heterocycles. The average molecular weight is 275 g/mol. The third kappa shape index (κ3) is 4.42. The van der Waals surface area contributed by atoms with Gasteiger partial charge < -0.3 is 10.2 Å². The summed E-state index contributed by atoms with van der Waals surface area (Å²) in [4.78, 5) is 16.8. The molecule has 1 aromatic rings. The van der Waals surface area contributed by atoms with Gasteiger partial charge in [0.15, 0.2) is 0 Å². The largest absolute Gasteiger partial charge is 0.406 e. The molecule has 1 rings (SSSR count). The van der Waals surface area contributed by atoms with Gasteiger partial charge in [0, 0.05) is 13.1 Å². The van der Waals surface area contributed by atoms with Crippen LogP contribution in [0.25, 0.3) is 0 Å². The Labute approximate surface area is 109 Å². The lowest BCUT2D eigenvalue weighted by Crippen LogP contribution is -2.43. The maximum absolute atomic E-state index is 12.5. The molecule has 106 valence electrons. The van der Waals surface area contributed by atoms with Crippen LogP contribution in [0.5, 0.6) is 0 Å². The molecule has 0 fully saturated rings. The van der Waals surface area contributed by atoms with Gasteiger partial charge in [-0.3, -0.25) is 4.79 Å². The Bertz CT molecular complexity index is 446. The fraction of sp³-hybridized carbons (Fsp3) is 0.500. The second kappa shape index (κ2) is 5.90. The molecule has 1 heterocycles. The van der Waals surface area contributed by atoms with E-state index in [-0.39, 0.29) is 5.69 Å². The van der Waals surface area contributed by atoms with Gasteiger partial charge in [-0.2, -0.15) is 13.2 Å². The zero-order valence-corrected chi connectivity index (χ0v) is 11.0. The highest BCUT2D eigenvalue weighted by atomic mass is 19.4. The van der Waals surface area contributed by atoms with Gasteiger partial charge >= 0.3 is 6.18 Å². The smallest absolute Gasteiger partial charge is 0.373 e. The number of nitrogens with one attached hydrogen (secondary N) is 1. The number of aromatic nitrogens is 1. The van der Waals surface area contributed by atoms with Gasteiger partial charge in [-0.05, 0) is 26.0 Å². The molecule has 0 aromatic carbocycles. The number of amides is 1. The number of hydrogen-bond donors (Lipinski definition) is 1. The normalized spacial score (nSPS) is 11.5. The summed E-state index contributed by atoms with van der Waals surface area (Å²) in [7, 11) is 1.62. The number of carbonyl (C=O) groups is 1. The quantitative estimate of drug-likeness (QED) is 0.918. The fourth-order valence-corrected chi connectivity index (χ4v) is 1.52. The first-order chi connectivity index (χ1) is 8.74. The van der Waals surface area contributed by atoms with E-state index in [4.69, 9.17) is 0 Å².